The smallest absolute Gasteiger partial charge is 0.348 e. The average Bonchev–Trinajstić information content (AvgIpc) is 3.23. The monoisotopic (exact) mass is 366 g/mol. The maximum Gasteiger partial charge on any atom is 0.348 e. The first-order chi connectivity index (χ1) is 11.7. The normalized spacial score (nSPS) is 13.0. The number of hydrogen-bond acceptors (Lipinski definition) is 7. The topological polar surface area (TPSA) is 97.1 Å². The summed E-state index contributed by atoms with van der Waals surface area (Å²) in [5, 5.41) is 14.7. The molecule has 0 aromatic carbocycles. The zero-order valence-corrected chi connectivity index (χ0v) is 14.7. The van der Waals surface area contributed by atoms with Gasteiger partial charge in [0.2, 0.25) is 5.91 Å². The molecule has 0 radical (unpaired) electrons. The molecule has 7 nitrogen and oxygen atoms in total. The van der Waals surface area contributed by atoms with Crippen molar-refractivity contribution in [3.63, 3.8) is 0 Å². The van der Waals surface area contributed by atoms with Gasteiger partial charge in [-0.3, -0.25) is 9.36 Å². The molecule has 0 saturated carbocycles. The first-order valence-electron chi connectivity index (χ1n) is 7.74. The average molecular weight is 366 g/mol. The predicted molar refractivity (Wildman–Crippen MR) is 93.7 cm³/mol. The second-order valence-corrected chi connectivity index (χ2v) is 7.24. The standard InChI is InChI=1S/C15H18N4O3S2/c20-7-2-6-19-11-4-1-3-10(11)13(18-15(19)22)24-9-12(21)17-14-16-5-8-23-14/h5,8,20H,1-4,6-7,9H2,(H,16,17,21). The third-order valence-electron chi connectivity index (χ3n) is 3.76. The molecule has 2 heterocycles. The van der Waals surface area contributed by atoms with E-state index in [0.29, 0.717) is 23.1 Å². The first-order valence-corrected chi connectivity index (χ1v) is 9.61. The number of fused-ring (bicyclic) bond motifs is 1. The summed E-state index contributed by atoms with van der Waals surface area (Å²) in [6.07, 6.45) is 4.87. The van der Waals surface area contributed by atoms with Crippen LogP contribution >= 0.6 is 23.1 Å². The Hall–Kier alpha value is -1.71. The van der Waals surface area contributed by atoms with Crippen molar-refractivity contribution in [3.8, 4) is 0 Å². The van der Waals surface area contributed by atoms with Crippen LogP contribution in [0.5, 0.6) is 0 Å². The Morgan fingerprint density at radius 2 is 2.33 bits per heavy atom. The Balaban J connectivity index is 1.72. The first kappa shape index (κ1) is 17.1. The molecule has 24 heavy (non-hydrogen) atoms. The number of carbonyl (C=O) groups is 1. The molecule has 0 fully saturated rings. The largest absolute Gasteiger partial charge is 0.396 e. The van der Waals surface area contributed by atoms with Gasteiger partial charge in [0.25, 0.3) is 0 Å². The van der Waals surface area contributed by atoms with E-state index in [4.69, 9.17) is 5.11 Å². The van der Waals surface area contributed by atoms with E-state index in [1.54, 1.807) is 16.1 Å². The summed E-state index contributed by atoms with van der Waals surface area (Å²) in [6.45, 7) is 0.536. The number of hydrogen-bond donors (Lipinski definition) is 2. The highest BCUT2D eigenvalue weighted by Crippen LogP contribution is 2.29. The van der Waals surface area contributed by atoms with Gasteiger partial charge in [-0.05, 0) is 25.7 Å². The van der Waals surface area contributed by atoms with Gasteiger partial charge in [0.05, 0.1) is 5.75 Å². The Labute approximate surface area is 147 Å². The van der Waals surface area contributed by atoms with Crippen LogP contribution in [0.2, 0.25) is 0 Å². The van der Waals surface area contributed by atoms with Gasteiger partial charge in [0, 0.05) is 36.0 Å². The quantitative estimate of drug-likeness (QED) is 0.566. The van der Waals surface area contributed by atoms with Crippen molar-refractivity contribution in [1.82, 2.24) is 14.5 Å². The van der Waals surface area contributed by atoms with Gasteiger partial charge in [-0.25, -0.2) is 9.78 Å². The zero-order chi connectivity index (χ0) is 16.9. The van der Waals surface area contributed by atoms with Gasteiger partial charge in [0.1, 0.15) is 5.03 Å². The van der Waals surface area contributed by atoms with Gasteiger partial charge in [0.15, 0.2) is 5.13 Å². The lowest BCUT2D eigenvalue weighted by Gasteiger charge is -2.13. The highest BCUT2D eigenvalue weighted by atomic mass is 32.2. The van der Waals surface area contributed by atoms with Crippen molar-refractivity contribution >= 4 is 34.1 Å². The van der Waals surface area contributed by atoms with Crippen molar-refractivity contribution < 1.29 is 9.90 Å². The molecule has 2 aromatic heterocycles. The summed E-state index contributed by atoms with van der Waals surface area (Å²) in [6, 6.07) is 0. The Kier molecular flexibility index (Phi) is 5.64. The molecule has 128 valence electrons. The third kappa shape index (κ3) is 3.85. The SMILES string of the molecule is O=C(CSc1nc(=O)n(CCCO)c2c1CCC2)Nc1nccs1. The number of anilines is 1. The minimum atomic E-state index is -0.299. The van der Waals surface area contributed by atoms with Crippen molar-refractivity contribution in [2.45, 2.75) is 37.3 Å². The van der Waals surface area contributed by atoms with E-state index >= 15 is 0 Å². The van der Waals surface area contributed by atoms with Crippen LogP contribution in [0.15, 0.2) is 21.4 Å². The van der Waals surface area contributed by atoms with E-state index in [-0.39, 0.29) is 24.0 Å². The summed E-state index contributed by atoms with van der Waals surface area (Å²) in [4.78, 5) is 32.4. The number of rotatable bonds is 7. The molecular formula is C15H18N4O3S2. The number of nitrogens with zero attached hydrogens (tertiary/aromatic N) is 3. The van der Waals surface area contributed by atoms with Gasteiger partial charge in [-0.2, -0.15) is 4.98 Å². The molecule has 9 heteroatoms. The van der Waals surface area contributed by atoms with E-state index in [1.165, 1.54) is 23.1 Å². The summed E-state index contributed by atoms with van der Waals surface area (Å²) < 4.78 is 1.66. The van der Waals surface area contributed by atoms with Gasteiger partial charge in [-0.15, -0.1) is 11.3 Å². The molecule has 0 bridgehead atoms. The summed E-state index contributed by atoms with van der Waals surface area (Å²) >= 11 is 2.66. The van der Waals surface area contributed by atoms with Crippen LogP contribution in [0.4, 0.5) is 5.13 Å². The van der Waals surface area contributed by atoms with E-state index in [2.05, 4.69) is 15.3 Å². The van der Waals surface area contributed by atoms with Crippen LogP contribution in [-0.4, -0.2) is 37.9 Å². The number of aromatic nitrogens is 3. The molecule has 2 aromatic rings. The summed E-state index contributed by atoms with van der Waals surface area (Å²) in [5.74, 6) is 0.0343. The number of aliphatic hydroxyl groups is 1. The zero-order valence-electron chi connectivity index (χ0n) is 13.0. The van der Waals surface area contributed by atoms with E-state index in [0.717, 1.165) is 30.5 Å². The van der Waals surface area contributed by atoms with Crippen molar-refractivity contribution in [2.24, 2.45) is 0 Å². The number of amides is 1. The molecule has 0 saturated heterocycles. The van der Waals surface area contributed by atoms with E-state index in [1.807, 2.05) is 0 Å². The maximum atomic E-state index is 12.3. The number of thioether (sulfide) groups is 1. The Morgan fingerprint density at radius 1 is 1.46 bits per heavy atom. The number of thiazole rings is 1. The highest BCUT2D eigenvalue weighted by molar-refractivity contribution is 8.00. The molecule has 1 amide bonds. The molecule has 2 N–H and O–H groups in total. The molecule has 0 aliphatic heterocycles. The van der Waals surface area contributed by atoms with Gasteiger partial charge in [-0.1, -0.05) is 11.8 Å². The number of nitrogens with one attached hydrogen (secondary N) is 1. The fourth-order valence-corrected chi connectivity index (χ4v) is 4.16. The van der Waals surface area contributed by atoms with Gasteiger partial charge < -0.3 is 10.4 Å². The minimum absolute atomic E-state index is 0.0502. The summed E-state index contributed by atoms with van der Waals surface area (Å²) in [7, 11) is 0. The Bertz CT molecular complexity index is 774. The van der Waals surface area contributed by atoms with Crippen LogP contribution in [0.25, 0.3) is 0 Å². The fraction of sp³-hybridized carbons (Fsp3) is 0.467. The molecule has 0 unspecified atom stereocenters. The van der Waals surface area contributed by atoms with Crippen LogP contribution in [0.3, 0.4) is 0 Å². The predicted octanol–water partition coefficient (Wildman–Crippen LogP) is 1.30. The summed E-state index contributed by atoms with van der Waals surface area (Å²) in [5.41, 5.74) is 1.78. The van der Waals surface area contributed by atoms with Crippen LogP contribution in [0, 0.1) is 0 Å². The number of carbonyl (C=O) groups excluding carboxylic acids is 1. The van der Waals surface area contributed by atoms with Crippen molar-refractivity contribution in [2.75, 3.05) is 17.7 Å². The lowest BCUT2D eigenvalue weighted by molar-refractivity contribution is -0.113. The molecule has 3 rings (SSSR count). The third-order valence-corrected chi connectivity index (χ3v) is 5.47. The molecule has 1 aliphatic rings. The van der Waals surface area contributed by atoms with Crippen LogP contribution in [0.1, 0.15) is 24.1 Å². The molecule has 1 aliphatic carbocycles. The lowest BCUT2D eigenvalue weighted by Crippen LogP contribution is -2.28. The number of aliphatic hydroxyl groups excluding tert-OH is 1. The highest BCUT2D eigenvalue weighted by Gasteiger charge is 2.22. The van der Waals surface area contributed by atoms with Gasteiger partial charge >= 0.3 is 5.69 Å². The van der Waals surface area contributed by atoms with Crippen LogP contribution < -0.4 is 11.0 Å². The van der Waals surface area contributed by atoms with E-state index in [9.17, 15) is 9.59 Å². The van der Waals surface area contributed by atoms with Crippen molar-refractivity contribution in [1.29, 1.82) is 0 Å². The second kappa shape index (κ2) is 7.91. The van der Waals surface area contributed by atoms with E-state index < -0.39 is 0 Å². The molecule has 0 spiro atoms. The van der Waals surface area contributed by atoms with Crippen LogP contribution in [-0.2, 0) is 24.2 Å². The minimum Gasteiger partial charge on any atom is -0.396 e. The molecule has 0 atom stereocenters. The fourth-order valence-electron chi connectivity index (χ4n) is 2.74. The van der Waals surface area contributed by atoms with Crippen molar-refractivity contribution in [3.05, 3.63) is 33.3 Å². The molecular weight excluding hydrogens is 348 g/mol. The maximum absolute atomic E-state index is 12.3. The lowest BCUT2D eigenvalue weighted by atomic mass is 10.2. The Morgan fingerprint density at radius 3 is 3.08 bits per heavy atom. The second-order valence-electron chi connectivity index (χ2n) is 5.38.